The molecular formula is C23H23ClF3N9O2S. The Morgan fingerprint density at radius 3 is 2.49 bits per heavy atom. The fourth-order valence-corrected chi connectivity index (χ4v) is 5.52. The molecule has 0 atom stereocenters. The van der Waals surface area contributed by atoms with Gasteiger partial charge in [-0.3, -0.25) is 0 Å². The molecule has 4 aromatic rings. The van der Waals surface area contributed by atoms with E-state index < -0.39 is 21.8 Å². The normalized spacial score (nSPS) is 15.5. The maximum absolute atomic E-state index is 13.9. The van der Waals surface area contributed by atoms with Crippen LogP contribution in [-0.2, 0) is 23.2 Å². The lowest BCUT2D eigenvalue weighted by atomic mass is 10.1. The van der Waals surface area contributed by atoms with Gasteiger partial charge in [0.2, 0.25) is 16.0 Å². The van der Waals surface area contributed by atoms with E-state index in [2.05, 4.69) is 30.6 Å². The predicted molar refractivity (Wildman–Crippen MR) is 138 cm³/mol. The van der Waals surface area contributed by atoms with Crippen molar-refractivity contribution < 1.29 is 21.6 Å². The summed E-state index contributed by atoms with van der Waals surface area (Å²) in [4.78, 5) is 12.2. The topological polar surface area (TPSA) is 124 Å². The number of nitrogens with one attached hydrogen (secondary N) is 1. The summed E-state index contributed by atoms with van der Waals surface area (Å²) in [6.07, 6.45) is 2.44. The van der Waals surface area contributed by atoms with Crippen molar-refractivity contribution in [2.75, 3.05) is 24.7 Å². The van der Waals surface area contributed by atoms with E-state index in [1.165, 1.54) is 21.4 Å². The number of piperidine rings is 1. The maximum atomic E-state index is 13.9. The molecule has 4 heterocycles. The summed E-state index contributed by atoms with van der Waals surface area (Å²) < 4.78 is 69.5. The number of sulfonamides is 1. The molecule has 1 fully saturated rings. The third kappa shape index (κ3) is 5.74. The van der Waals surface area contributed by atoms with E-state index >= 15 is 0 Å². The number of alkyl halides is 3. The first-order valence-corrected chi connectivity index (χ1v) is 14.0. The summed E-state index contributed by atoms with van der Waals surface area (Å²) in [6.45, 7) is 0.593. The van der Waals surface area contributed by atoms with E-state index in [1.807, 2.05) is 0 Å². The van der Waals surface area contributed by atoms with Crippen molar-refractivity contribution >= 4 is 27.6 Å². The van der Waals surface area contributed by atoms with E-state index in [4.69, 9.17) is 11.6 Å². The molecule has 3 aromatic heterocycles. The summed E-state index contributed by atoms with van der Waals surface area (Å²) in [5, 5.41) is 11.1. The summed E-state index contributed by atoms with van der Waals surface area (Å²) in [5.41, 5.74) is 0.581. The van der Waals surface area contributed by atoms with Crippen LogP contribution in [0.15, 0.2) is 43.1 Å². The van der Waals surface area contributed by atoms with Crippen LogP contribution in [0.1, 0.15) is 18.4 Å². The van der Waals surface area contributed by atoms with Gasteiger partial charge in [-0.15, -0.1) is 5.10 Å². The lowest BCUT2D eigenvalue weighted by Crippen LogP contribution is -2.42. The van der Waals surface area contributed by atoms with E-state index in [-0.39, 0.29) is 23.4 Å². The van der Waals surface area contributed by atoms with E-state index in [1.54, 1.807) is 36.1 Å². The number of hydrogen-bond acceptors (Lipinski definition) is 8. The smallest absolute Gasteiger partial charge is 0.351 e. The summed E-state index contributed by atoms with van der Waals surface area (Å²) in [7, 11) is -1.56. The first-order chi connectivity index (χ1) is 18.4. The van der Waals surface area contributed by atoms with Crippen LogP contribution in [0.4, 0.5) is 19.1 Å². The van der Waals surface area contributed by atoms with Crippen LogP contribution in [0.2, 0.25) is 5.02 Å². The molecule has 0 unspecified atom stereocenters. The maximum Gasteiger partial charge on any atom is 0.420 e. The molecule has 16 heteroatoms. The van der Waals surface area contributed by atoms with E-state index in [0.29, 0.717) is 36.6 Å². The Bertz CT molecular complexity index is 1610. The van der Waals surface area contributed by atoms with Gasteiger partial charge in [0.05, 0.1) is 28.9 Å². The zero-order valence-corrected chi connectivity index (χ0v) is 22.3. The average Bonchev–Trinajstić information content (AvgIpc) is 3.52. The summed E-state index contributed by atoms with van der Waals surface area (Å²) in [5.74, 6) is -0.00229. The van der Waals surface area contributed by atoms with Crippen LogP contribution in [-0.4, -0.2) is 72.6 Å². The third-order valence-electron chi connectivity index (χ3n) is 6.41. The van der Waals surface area contributed by atoms with E-state index in [0.717, 1.165) is 23.7 Å². The highest BCUT2D eigenvalue weighted by atomic mass is 35.5. The minimum atomic E-state index is -4.71. The second-order valence-electron chi connectivity index (χ2n) is 9.11. The summed E-state index contributed by atoms with van der Waals surface area (Å²) >= 11 is 6.51. The van der Waals surface area contributed by atoms with Crippen LogP contribution in [0.5, 0.6) is 0 Å². The lowest BCUT2D eigenvalue weighted by molar-refractivity contribution is -0.137. The summed E-state index contributed by atoms with van der Waals surface area (Å²) in [6, 6.07) is 5.02. The fourth-order valence-electron chi connectivity index (χ4n) is 4.37. The minimum absolute atomic E-state index is 0.00229. The number of imidazole rings is 1. The van der Waals surface area contributed by atoms with Crippen LogP contribution < -0.4 is 5.32 Å². The van der Waals surface area contributed by atoms with Crippen LogP contribution in [0.3, 0.4) is 0 Å². The molecule has 206 valence electrons. The highest BCUT2D eigenvalue weighted by molar-refractivity contribution is 7.88. The molecular weight excluding hydrogens is 559 g/mol. The first kappa shape index (κ1) is 27.0. The zero-order chi connectivity index (χ0) is 27.9. The number of benzene rings is 1. The Kier molecular flexibility index (Phi) is 7.07. The van der Waals surface area contributed by atoms with Gasteiger partial charge in [0, 0.05) is 44.1 Å². The molecule has 5 rings (SSSR count). The number of anilines is 1. The van der Waals surface area contributed by atoms with Crippen LogP contribution >= 0.6 is 11.6 Å². The third-order valence-corrected chi connectivity index (χ3v) is 8.02. The van der Waals surface area contributed by atoms with Crippen molar-refractivity contribution in [1.82, 2.24) is 38.8 Å². The van der Waals surface area contributed by atoms with Crippen LogP contribution in [0, 0.1) is 0 Å². The molecule has 11 nitrogen and oxygen atoms in total. The Morgan fingerprint density at radius 1 is 1.13 bits per heavy atom. The number of hydrogen-bond donors (Lipinski definition) is 1. The van der Waals surface area contributed by atoms with Crippen molar-refractivity contribution in [1.29, 1.82) is 0 Å². The quantitative estimate of drug-likeness (QED) is 0.366. The number of nitrogens with zero attached hydrogens (tertiary/aromatic N) is 8. The largest absolute Gasteiger partial charge is 0.420 e. The molecule has 39 heavy (non-hydrogen) atoms. The Morgan fingerprint density at radius 2 is 1.87 bits per heavy atom. The predicted octanol–water partition coefficient (Wildman–Crippen LogP) is 3.63. The fraction of sp³-hybridized carbons (Fsp3) is 0.348. The van der Waals surface area contributed by atoms with Crippen molar-refractivity contribution in [2.24, 2.45) is 7.05 Å². The van der Waals surface area contributed by atoms with Gasteiger partial charge in [-0.05, 0) is 25.0 Å². The minimum Gasteiger partial charge on any atom is -0.351 e. The Balaban J connectivity index is 1.42. The van der Waals surface area contributed by atoms with E-state index in [9.17, 15) is 21.6 Å². The molecule has 0 aliphatic carbocycles. The molecule has 1 aromatic carbocycles. The van der Waals surface area contributed by atoms with Gasteiger partial charge in [-0.2, -0.15) is 13.2 Å². The number of aryl methyl sites for hydroxylation is 1. The van der Waals surface area contributed by atoms with Crippen molar-refractivity contribution in [3.8, 4) is 28.3 Å². The van der Waals surface area contributed by atoms with Crippen molar-refractivity contribution in [2.45, 2.75) is 25.1 Å². The molecule has 1 N–H and O–H groups in total. The first-order valence-electron chi connectivity index (χ1n) is 11.8. The van der Waals surface area contributed by atoms with Gasteiger partial charge in [-0.1, -0.05) is 22.9 Å². The zero-order valence-electron chi connectivity index (χ0n) is 20.8. The molecule has 1 aliphatic rings. The molecule has 0 radical (unpaired) electrons. The van der Waals surface area contributed by atoms with Gasteiger partial charge in [0.1, 0.15) is 23.3 Å². The van der Waals surface area contributed by atoms with Gasteiger partial charge >= 0.3 is 6.18 Å². The molecule has 0 bridgehead atoms. The Hall–Kier alpha value is -3.56. The second-order valence-corrected chi connectivity index (χ2v) is 11.5. The van der Waals surface area contributed by atoms with Gasteiger partial charge < -0.3 is 9.88 Å². The monoisotopic (exact) mass is 581 g/mol. The molecule has 0 saturated carbocycles. The highest BCUT2D eigenvalue weighted by Gasteiger charge is 2.36. The van der Waals surface area contributed by atoms with Gasteiger partial charge in [0.15, 0.2) is 0 Å². The van der Waals surface area contributed by atoms with Crippen molar-refractivity contribution in [3.63, 3.8) is 0 Å². The molecule has 0 spiro atoms. The number of aromatic nitrogens is 7. The SMILES string of the molecule is Cn1nncc1-c1ccc(-n2cnc(-c3nc(NC4CCN(S(C)(=O)=O)CC4)ncc3C(F)(F)F)c2)c(Cl)c1. The highest BCUT2D eigenvalue weighted by Crippen LogP contribution is 2.36. The number of halogens is 4. The van der Waals surface area contributed by atoms with Gasteiger partial charge in [-0.25, -0.2) is 32.4 Å². The molecule has 1 aliphatic heterocycles. The lowest BCUT2D eigenvalue weighted by Gasteiger charge is -2.30. The average molecular weight is 582 g/mol. The van der Waals surface area contributed by atoms with Gasteiger partial charge in [0.25, 0.3) is 0 Å². The molecule has 1 saturated heterocycles. The second kappa shape index (κ2) is 10.2. The number of rotatable bonds is 6. The Labute approximate surface area is 226 Å². The van der Waals surface area contributed by atoms with Crippen molar-refractivity contribution in [3.05, 3.63) is 53.7 Å². The van der Waals surface area contributed by atoms with Crippen LogP contribution in [0.25, 0.3) is 28.3 Å². The standard InChI is InChI=1S/C23H23ClF3N9O2S/c1-34-20(11-30-33-34)14-3-4-19(17(24)9-14)35-12-18(29-13-35)21-16(23(25,26)27)10-28-22(32-21)31-15-5-7-36(8-6-15)39(2,37)38/h3-4,9-13,15H,5-8H2,1-2H3,(H,28,31,32). The molecule has 0 amide bonds.